The summed E-state index contributed by atoms with van der Waals surface area (Å²) in [6.07, 6.45) is 5.81. The van der Waals surface area contributed by atoms with Crippen LogP contribution in [0, 0.1) is 0 Å². The van der Waals surface area contributed by atoms with Gasteiger partial charge in [-0.25, -0.2) is 0 Å². The van der Waals surface area contributed by atoms with Crippen LogP contribution < -0.4 is 15.4 Å². The number of hydrogen-bond donors (Lipinski definition) is 2. The van der Waals surface area contributed by atoms with Crippen LogP contribution in [0.1, 0.15) is 63.8 Å². The van der Waals surface area contributed by atoms with Crippen molar-refractivity contribution in [2.24, 2.45) is 0 Å². The van der Waals surface area contributed by atoms with Gasteiger partial charge in [0, 0.05) is 17.5 Å². The number of rotatable bonds is 7. The molecule has 1 aliphatic rings. The molecule has 8 heteroatoms. The standard InChI is InChI=1S/C21H24Cl2N2O3S/c1-3-4-9-28-18-14(22)10-12(11-15(18)23)19(26)25-21-17(20(27)24-2)13-7-5-6-8-16(13)29-21/h10-11H,3-9H2,1-2H3,(H,24,27)(H,25,26). The molecule has 29 heavy (non-hydrogen) atoms. The van der Waals surface area contributed by atoms with Crippen LogP contribution in [0.4, 0.5) is 5.00 Å². The van der Waals surface area contributed by atoms with Gasteiger partial charge in [0.2, 0.25) is 0 Å². The molecule has 0 atom stereocenters. The summed E-state index contributed by atoms with van der Waals surface area (Å²) in [7, 11) is 1.59. The van der Waals surface area contributed by atoms with Crippen LogP contribution in [0.3, 0.4) is 0 Å². The van der Waals surface area contributed by atoms with Gasteiger partial charge in [0.1, 0.15) is 5.00 Å². The molecule has 0 spiro atoms. The molecular weight excluding hydrogens is 431 g/mol. The number of fused-ring (bicyclic) bond motifs is 1. The minimum atomic E-state index is -0.363. The van der Waals surface area contributed by atoms with Crippen molar-refractivity contribution in [2.75, 3.05) is 19.0 Å². The van der Waals surface area contributed by atoms with E-state index in [1.807, 2.05) is 0 Å². The zero-order valence-corrected chi connectivity index (χ0v) is 18.8. The number of benzene rings is 1. The Hall–Kier alpha value is -1.76. The van der Waals surface area contributed by atoms with Crippen molar-refractivity contribution in [1.29, 1.82) is 0 Å². The fourth-order valence-corrected chi connectivity index (χ4v) is 5.22. The van der Waals surface area contributed by atoms with Gasteiger partial charge < -0.3 is 15.4 Å². The first kappa shape index (κ1) is 21.9. The molecule has 0 saturated heterocycles. The molecule has 0 aliphatic heterocycles. The van der Waals surface area contributed by atoms with Crippen LogP contribution >= 0.6 is 34.5 Å². The summed E-state index contributed by atoms with van der Waals surface area (Å²) in [5.74, 6) is -0.163. The maximum absolute atomic E-state index is 12.9. The lowest BCUT2D eigenvalue weighted by Crippen LogP contribution is -2.22. The van der Waals surface area contributed by atoms with Crippen molar-refractivity contribution in [1.82, 2.24) is 5.32 Å². The molecule has 3 rings (SSSR count). The lowest BCUT2D eigenvalue weighted by atomic mass is 9.95. The van der Waals surface area contributed by atoms with Crippen LogP contribution in [-0.2, 0) is 12.8 Å². The second-order valence-corrected chi connectivity index (χ2v) is 8.84. The van der Waals surface area contributed by atoms with E-state index in [4.69, 9.17) is 27.9 Å². The predicted molar refractivity (Wildman–Crippen MR) is 119 cm³/mol. The van der Waals surface area contributed by atoms with Crippen molar-refractivity contribution in [3.63, 3.8) is 0 Å². The van der Waals surface area contributed by atoms with E-state index in [-0.39, 0.29) is 21.9 Å². The van der Waals surface area contributed by atoms with Gasteiger partial charge in [-0.1, -0.05) is 36.5 Å². The van der Waals surface area contributed by atoms with Crippen molar-refractivity contribution in [3.05, 3.63) is 43.7 Å². The average Bonchev–Trinajstić information content (AvgIpc) is 3.07. The van der Waals surface area contributed by atoms with E-state index in [2.05, 4.69) is 17.6 Å². The minimum Gasteiger partial charge on any atom is -0.490 e. The summed E-state index contributed by atoms with van der Waals surface area (Å²) < 4.78 is 5.63. The van der Waals surface area contributed by atoms with Crippen LogP contribution in [0.5, 0.6) is 5.75 Å². The molecule has 2 aromatic rings. The summed E-state index contributed by atoms with van der Waals surface area (Å²) >= 11 is 14.1. The first-order valence-corrected chi connectivity index (χ1v) is 11.3. The van der Waals surface area contributed by atoms with E-state index < -0.39 is 0 Å². The van der Waals surface area contributed by atoms with Gasteiger partial charge in [-0.15, -0.1) is 11.3 Å². The monoisotopic (exact) mass is 454 g/mol. The minimum absolute atomic E-state index is 0.185. The molecule has 0 unspecified atom stereocenters. The van der Waals surface area contributed by atoms with Gasteiger partial charge in [0.15, 0.2) is 5.75 Å². The molecule has 0 radical (unpaired) electrons. The number of carbonyl (C=O) groups is 2. The molecule has 156 valence electrons. The van der Waals surface area contributed by atoms with Crippen molar-refractivity contribution < 1.29 is 14.3 Å². The Labute approximate surface area is 184 Å². The Balaban J connectivity index is 1.85. The van der Waals surface area contributed by atoms with E-state index in [0.29, 0.717) is 28.5 Å². The van der Waals surface area contributed by atoms with Gasteiger partial charge in [-0.2, -0.15) is 0 Å². The number of amides is 2. The number of nitrogens with one attached hydrogen (secondary N) is 2. The molecule has 0 bridgehead atoms. The molecule has 0 saturated carbocycles. The number of thiophene rings is 1. The fourth-order valence-electron chi connectivity index (χ4n) is 3.34. The molecular formula is C21H24Cl2N2O3S. The average molecular weight is 455 g/mol. The number of anilines is 1. The topological polar surface area (TPSA) is 67.4 Å². The SMILES string of the molecule is CCCCOc1c(Cl)cc(C(=O)Nc2sc3c(c2C(=O)NC)CCCC3)cc1Cl. The zero-order chi connectivity index (χ0) is 21.0. The van der Waals surface area contributed by atoms with Crippen molar-refractivity contribution in [3.8, 4) is 5.75 Å². The van der Waals surface area contributed by atoms with E-state index >= 15 is 0 Å². The molecule has 0 fully saturated rings. The maximum atomic E-state index is 12.9. The lowest BCUT2D eigenvalue weighted by molar-refractivity contribution is 0.0963. The largest absolute Gasteiger partial charge is 0.490 e. The van der Waals surface area contributed by atoms with Gasteiger partial charge >= 0.3 is 0 Å². The van der Waals surface area contributed by atoms with Gasteiger partial charge in [-0.3, -0.25) is 9.59 Å². The molecule has 1 aliphatic carbocycles. The molecule has 1 aromatic carbocycles. The van der Waals surface area contributed by atoms with Crippen LogP contribution in [0.15, 0.2) is 12.1 Å². The van der Waals surface area contributed by atoms with E-state index in [1.54, 1.807) is 7.05 Å². The highest BCUT2D eigenvalue weighted by atomic mass is 35.5. The Kier molecular flexibility index (Phi) is 7.44. The third-order valence-electron chi connectivity index (χ3n) is 4.86. The third-order valence-corrected chi connectivity index (χ3v) is 6.63. The first-order chi connectivity index (χ1) is 14.0. The second kappa shape index (κ2) is 9.83. The molecule has 2 amide bonds. The summed E-state index contributed by atoms with van der Waals surface area (Å²) in [4.78, 5) is 26.5. The Morgan fingerprint density at radius 2 is 1.83 bits per heavy atom. The summed E-state index contributed by atoms with van der Waals surface area (Å²) in [5, 5.41) is 6.71. The second-order valence-electron chi connectivity index (χ2n) is 6.92. The van der Waals surface area contributed by atoms with E-state index in [0.717, 1.165) is 44.1 Å². The first-order valence-electron chi connectivity index (χ1n) is 9.76. The lowest BCUT2D eigenvalue weighted by Gasteiger charge is -2.13. The maximum Gasteiger partial charge on any atom is 0.256 e. The predicted octanol–water partition coefficient (Wildman–Crippen LogP) is 5.72. The molecule has 1 aromatic heterocycles. The number of unbranched alkanes of at least 4 members (excludes halogenated alkanes) is 1. The Morgan fingerprint density at radius 3 is 2.48 bits per heavy atom. The smallest absolute Gasteiger partial charge is 0.256 e. The molecule has 1 heterocycles. The zero-order valence-electron chi connectivity index (χ0n) is 16.5. The van der Waals surface area contributed by atoms with Gasteiger partial charge in [-0.05, 0) is 49.8 Å². The number of ether oxygens (including phenoxy) is 1. The van der Waals surface area contributed by atoms with E-state index in [1.165, 1.54) is 28.3 Å². The van der Waals surface area contributed by atoms with Crippen molar-refractivity contribution >= 4 is 51.4 Å². The van der Waals surface area contributed by atoms with Crippen LogP contribution in [0.25, 0.3) is 0 Å². The fraction of sp³-hybridized carbons (Fsp3) is 0.429. The summed E-state index contributed by atoms with van der Waals surface area (Å²) in [5.41, 5.74) is 1.93. The molecule has 2 N–H and O–H groups in total. The number of hydrogen-bond acceptors (Lipinski definition) is 4. The Morgan fingerprint density at radius 1 is 1.14 bits per heavy atom. The third kappa shape index (κ3) is 4.87. The highest BCUT2D eigenvalue weighted by Gasteiger charge is 2.26. The number of aryl methyl sites for hydroxylation is 1. The summed E-state index contributed by atoms with van der Waals surface area (Å²) in [6.45, 7) is 2.58. The Bertz CT molecular complexity index is 904. The van der Waals surface area contributed by atoms with Crippen LogP contribution in [-0.4, -0.2) is 25.5 Å². The van der Waals surface area contributed by atoms with Gasteiger partial charge in [0.25, 0.3) is 11.8 Å². The molecule has 5 nitrogen and oxygen atoms in total. The highest BCUT2D eigenvalue weighted by molar-refractivity contribution is 7.17. The number of carbonyl (C=O) groups excluding carboxylic acids is 2. The normalized spacial score (nSPS) is 13.0. The van der Waals surface area contributed by atoms with E-state index in [9.17, 15) is 9.59 Å². The van der Waals surface area contributed by atoms with Crippen molar-refractivity contribution in [2.45, 2.75) is 45.4 Å². The summed E-state index contributed by atoms with van der Waals surface area (Å²) in [6, 6.07) is 3.08. The quantitative estimate of drug-likeness (QED) is 0.525. The number of halogens is 2. The van der Waals surface area contributed by atoms with Gasteiger partial charge in [0.05, 0.1) is 22.2 Å². The highest BCUT2D eigenvalue weighted by Crippen LogP contribution is 2.39. The van der Waals surface area contributed by atoms with Crippen LogP contribution in [0.2, 0.25) is 10.0 Å².